The third-order valence-electron chi connectivity index (χ3n) is 1.45. The lowest BCUT2D eigenvalue weighted by molar-refractivity contribution is 0.301. The van der Waals surface area contributed by atoms with Gasteiger partial charge in [0, 0.05) is 12.6 Å². The van der Waals surface area contributed by atoms with Crippen molar-refractivity contribution in [3.8, 4) is 0 Å². The highest BCUT2D eigenvalue weighted by atomic mass is 28.2. The highest BCUT2D eigenvalue weighted by Gasteiger charge is 2.11. The predicted octanol–water partition coefficient (Wildman–Crippen LogP) is -0.162. The molecule has 1 atom stereocenters. The lowest BCUT2D eigenvalue weighted by atomic mass is 10.2. The Morgan fingerprint density at radius 1 is 1.75 bits per heavy atom. The van der Waals surface area contributed by atoms with E-state index in [1.165, 1.54) is 12.8 Å². The van der Waals surface area contributed by atoms with Crippen LogP contribution in [0.1, 0.15) is 12.8 Å². The summed E-state index contributed by atoms with van der Waals surface area (Å²) in [5, 5.41) is 3.30. The molecule has 1 heterocycles. The molecule has 0 spiro atoms. The molecule has 0 aliphatic carbocycles. The third-order valence-corrected chi connectivity index (χ3v) is 1.61. The zero-order valence-electron chi connectivity index (χ0n) is 4.81. The fourth-order valence-corrected chi connectivity index (χ4v) is 1.20. The average Bonchev–Trinajstić information content (AvgIpc) is 2.19. The number of hydrogen-bond donors (Lipinski definition) is 1. The van der Waals surface area contributed by atoms with Gasteiger partial charge in [-0.2, -0.15) is 0 Å². The Kier molecular flexibility index (Phi) is 2.52. The first-order chi connectivity index (χ1) is 3.93. The van der Waals surface area contributed by atoms with Gasteiger partial charge in [-0.3, -0.25) is 0 Å². The smallest absolute Gasteiger partial charge is 0.246 e. The lowest BCUT2D eigenvalue weighted by Gasteiger charge is -2.06. The summed E-state index contributed by atoms with van der Waals surface area (Å²) in [5.41, 5.74) is 0. The molecule has 8 heavy (non-hydrogen) atoms. The molecule has 0 aromatic heterocycles. The first-order valence-corrected chi connectivity index (χ1v) is 3.36. The Balaban J connectivity index is 2.06. The van der Waals surface area contributed by atoms with Crippen molar-refractivity contribution < 1.29 is 4.43 Å². The molecule has 1 rings (SSSR count). The van der Waals surface area contributed by atoms with E-state index in [-0.39, 0.29) is 0 Å². The van der Waals surface area contributed by atoms with Gasteiger partial charge in [-0.05, 0) is 19.4 Å². The van der Waals surface area contributed by atoms with E-state index in [2.05, 4.69) is 15.8 Å². The van der Waals surface area contributed by atoms with Crippen LogP contribution in [0.3, 0.4) is 0 Å². The van der Waals surface area contributed by atoms with Gasteiger partial charge in [0.05, 0.1) is 0 Å². The molecule has 1 aliphatic rings. The van der Waals surface area contributed by atoms with E-state index >= 15 is 0 Å². The Bertz CT molecular complexity index is 63.4. The maximum Gasteiger partial charge on any atom is 0.246 e. The van der Waals surface area contributed by atoms with Crippen molar-refractivity contribution in [2.45, 2.75) is 18.9 Å². The van der Waals surface area contributed by atoms with Gasteiger partial charge in [0.25, 0.3) is 0 Å². The van der Waals surface area contributed by atoms with E-state index < -0.39 is 0 Å². The average molecular weight is 128 g/mol. The molecule has 1 saturated heterocycles. The largest absolute Gasteiger partial charge is 0.417 e. The Hall–Kier alpha value is 0.137. The summed E-state index contributed by atoms with van der Waals surface area (Å²) in [5.74, 6) is 0. The van der Waals surface area contributed by atoms with E-state index in [9.17, 15) is 0 Å². The second-order valence-electron chi connectivity index (χ2n) is 2.10. The van der Waals surface area contributed by atoms with E-state index in [1.54, 1.807) is 0 Å². The molecule has 2 nitrogen and oxygen atoms in total. The molecule has 0 amide bonds. The maximum atomic E-state index is 4.77. The van der Waals surface area contributed by atoms with Crippen LogP contribution in [0.5, 0.6) is 0 Å². The van der Waals surface area contributed by atoms with Gasteiger partial charge in [0.15, 0.2) is 0 Å². The highest BCUT2D eigenvalue weighted by Crippen LogP contribution is 2.03. The summed E-state index contributed by atoms with van der Waals surface area (Å²) in [6, 6.07) is 0.590. The van der Waals surface area contributed by atoms with Crippen molar-refractivity contribution >= 4 is 10.5 Å². The monoisotopic (exact) mass is 128 g/mol. The van der Waals surface area contributed by atoms with Crippen molar-refractivity contribution in [2.75, 3.05) is 13.2 Å². The van der Waals surface area contributed by atoms with Gasteiger partial charge in [-0.1, -0.05) is 0 Å². The minimum absolute atomic E-state index is 0.590. The molecule has 45 valence electrons. The molecule has 0 saturated carbocycles. The molecule has 1 aliphatic heterocycles. The molecule has 3 radical (unpaired) electrons. The van der Waals surface area contributed by atoms with Gasteiger partial charge in [-0.15, -0.1) is 0 Å². The summed E-state index contributed by atoms with van der Waals surface area (Å²) in [7, 11) is 2.96. The fraction of sp³-hybridized carbons (Fsp3) is 1.00. The van der Waals surface area contributed by atoms with Crippen LogP contribution in [0.4, 0.5) is 0 Å². The number of rotatable bonds is 2. The van der Waals surface area contributed by atoms with Gasteiger partial charge in [0.2, 0.25) is 10.5 Å². The zero-order valence-corrected chi connectivity index (χ0v) is 5.81. The van der Waals surface area contributed by atoms with Crippen molar-refractivity contribution in [3.63, 3.8) is 0 Å². The summed E-state index contributed by atoms with van der Waals surface area (Å²) >= 11 is 0. The second-order valence-corrected chi connectivity index (χ2v) is 2.39. The predicted molar refractivity (Wildman–Crippen MR) is 32.7 cm³/mol. The van der Waals surface area contributed by atoms with Crippen LogP contribution in [-0.2, 0) is 4.43 Å². The molecule has 1 N–H and O–H groups in total. The normalized spacial score (nSPS) is 28.9. The molecule has 0 aromatic carbocycles. The van der Waals surface area contributed by atoms with Crippen LogP contribution in [-0.4, -0.2) is 29.7 Å². The fourth-order valence-electron chi connectivity index (χ4n) is 1.000. The summed E-state index contributed by atoms with van der Waals surface area (Å²) < 4.78 is 4.77. The van der Waals surface area contributed by atoms with Crippen molar-refractivity contribution in [2.24, 2.45) is 0 Å². The van der Waals surface area contributed by atoms with E-state index in [4.69, 9.17) is 4.43 Å². The molecular weight excluding hydrogens is 118 g/mol. The molecule has 0 aromatic rings. The Morgan fingerprint density at radius 2 is 2.62 bits per heavy atom. The minimum Gasteiger partial charge on any atom is -0.417 e. The molecular formula is C5H10NOSi. The van der Waals surface area contributed by atoms with Crippen molar-refractivity contribution in [1.29, 1.82) is 0 Å². The van der Waals surface area contributed by atoms with E-state index in [0.717, 1.165) is 13.2 Å². The number of nitrogens with one attached hydrogen (secondary N) is 1. The topological polar surface area (TPSA) is 21.3 Å². The van der Waals surface area contributed by atoms with E-state index in [1.807, 2.05) is 0 Å². The first kappa shape index (κ1) is 6.26. The molecule has 0 unspecified atom stereocenters. The Labute approximate surface area is 53.2 Å². The van der Waals surface area contributed by atoms with Gasteiger partial charge in [0.1, 0.15) is 0 Å². The van der Waals surface area contributed by atoms with Crippen molar-refractivity contribution in [3.05, 3.63) is 0 Å². The van der Waals surface area contributed by atoms with Gasteiger partial charge < -0.3 is 9.74 Å². The molecule has 3 heteroatoms. The summed E-state index contributed by atoms with van der Waals surface area (Å²) in [4.78, 5) is 0. The SMILES string of the molecule is [Si]OC[C@@H]1CCCN1. The first-order valence-electron chi connectivity index (χ1n) is 2.95. The van der Waals surface area contributed by atoms with Crippen LogP contribution < -0.4 is 5.32 Å². The van der Waals surface area contributed by atoms with Crippen LogP contribution in [0.15, 0.2) is 0 Å². The maximum absolute atomic E-state index is 4.77. The second kappa shape index (κ2) is 3.22. The van der Waals surface area contributed by atoms with E-state index in [0.29, 0.717) is 6.04 Å². The van der Waals surface area contributed by atoms with Gasteiger partial charge >= 0.3 is 0 Å². The quantitative estimate of drug-likeness (QED) is 0.522. The van der Waals surface area contributed by atoms with Crippen LogP contribution >= 0.6 is 0 Å². The lowest BCUT2D eigenvalue weighted by Crippen LogP contribution is -2.26. The molecule has 0 bridgehead atoms. The Morgan fingerprint density at radius 3 is 3.12 bits per heavy atom. The standard InChI is InChI=1S/C5H10NOSi/c8-7-4-5-2-1-3-6-5/h5-6H,1-4H2/t5-/m0/s1. The summed E-state index contributed by atoms with van der Waals surface area (Å²) in [6.07, 6.45) is 2.55. The third kappa shape index (κ3) is 1.58. The zero-order chi connectivity index (χ0) is 5.82. The highest BCUT2D eigenvalue weighted by molar-refractivity contribution is 5.97. The van der Waals surface area contributed by atoms with Gasteiger partial charge in [-0.25, -0.2) is 0 Å². The van der Waals surface area contributed by atoms with Crippen LogP contribution in [0.2, 0.25) is 0 Å². The van der Waals surface area contributed by atoms with Crippen LogP contribution in [0, 0.1) is 0 Å². The van der Waals surface area contributed by atoms with Crippen molar-refractivity contribution in [1.82, 2.24) is 5.32 Å². The number of hydrogen-bond acceptors (Lipinski definition) is 2. The van der Waals surface area contributed by atoms with Crippen LogP contribution in [0.25, 0.3) is 0 Å². The summed E-state index contributed by atoms with van der Waals surface area (Å²) in [6.45, 7) is 1.94. The molecule has 1 fully saturated rings. The minimum atomic E-state index is 0.590.